The molecule has 76 valence electrons. The SMILES string of the molecule is COC1CN(S(=O)(=O)OC(N)=O)C1. The predicted octanol–water partition coefficient (Wildman–Crippen LogP) is -1.34. The minimum absolute atomic E-state index is 0.133. The molecule has 1 aliphatic rings. The summed E-state index contributed by atoms with van der Waals surface area (Å²) in [5.41, 5.74) is 4.56. The number of nitrogens with two attached hydrogens (primary N) is 1. The first-order valence-corrected chi connectivity index (χ1v) is 4.84. The number of carbonyl (C=O) groups is 1. The Labute approximate surface area is 75.7 Å². The summed E-state index contributed by atoms with van der Waals surface area (Å²) < 4.78 is 31.8. The molecule has 1 saturated heterocycles. The molecule has 7 nitrogen and oxygen atoms in total. The number of hydrogen-bond donors (Lipinski definition) is 1. The first kappa shape index (κ1) is 10.2. The minimum Gasteiger partial charge on any atom is -0.379 e. The number of amides is 1. The molecule has 13 heavy (non-hydrogen) atoms. The Morgan fingerprint density at radius 2 is 2.08 bits per heavy atom. The maximum atomic E-state index is 11.0. The Balaban J connectivity index is 2.49. The van der Waals surface area contributed by atoms with Crippen LogP contribution in [-0.2, 0) is 19.2 Å². The molecule has 8 heteroatoms. The van der Waals surface area contributed by atoms with Gasteiger partial charge in [-0.2, -0.15) is 12.7 Å². The fraction of sp³-hybridized carbons (Fsp3) is 0.800. The van der Waals surface area contributed by atoms with Crippen LogP contribution < -0.4 is 5.73 Å². The maximum absolute atomic E-state index is 11.0. The highest BCUT2D eigenvalue weighted by molar-refractivity contribution is 7.84. The van der Waals surface area contributed by atoms with Crippen molar-refractivity contribution in [2.24, 2.45) is 5.73 Å². The predicted molar refractivity (Wildman–Crippen MR) is 42.0 cm³/mol. The molecule has 1 fully saturated rings. The number of nitrogens with zero attached hydrogens (tertiary/aromatic N) is 1. The van der Waals surface area contributed by atoms with Gasteiger partial charge < -0.3 is 14.7 Å². The Hall–Kier alpha value is -0.860. The molecule has 0 radical (unpaired) electrons. The first-order valence-electron chi connectivity index (χ1n) is 3.47. The van der Waals surface area contributed by atoms with Crippen LogP contribution in [0.2, 0.25) is 0 Å². The zero-order valence-electron chi connectivity index (χ0n) is 6.97. The van der Waals surface area contributed by atoms with Gasteiger partial charge in [0.15, 0.2) is 0 Å². The molecule has 1 amide bonds. The van der Waals surface area contributed by atoms with Crippen molar-refractivity contribution in [3.63, 3.8) is 0 Å². The third kappa shape index (κ3) is 2.29. The molecule has 1 heterocycles. The number of hydrogen-bond acceptors (Lipinski definition) is 5. The highest BCUT2D eigenvalue weighted by Crippen LogP contribution is 2.16. The van der Waals surface area contributed by atoms with E-state index in [1.807, 2.05) is 0 Å². The average Bonchev–Trinajstić information content (AvgIpc) is 1.79. The van der Waals surface area contributed by atoms with Crippen molar-refractivity contribution in [3.8, 4) is 0 Å². The Bertz CT molecular complexity index is 294. The zero-order chi connectivity index (χ0) is 10.1. The number of carbonyl (C=O) groups excluding carboxylic acids is 1. The third-order valence-electron chi connectivity index (χ3n) is 1.65. The van der Waals surface area contributed by atoms with Crippen LogP contribution in [0.1, 0.15) is 0 Å². The van der Waals surface area contributed by atoms with Crippen LogP contribution >= 0.6 is 0 Å². The zero-order valence-corrected chi connectivity index (χ0v) is 7.78. The number of ether oxygens (including phenoxy) is 1. The van der Waals surface area contributed by atoms with E-state index in [9.17, 15) is 13.2 Å². The Kier molecular flexibility index (Phi) is 2.74. The smallest absolute Gasteiger partial charge is 0.379 e. The van der Waals surface area contributed by atoms with Gasteiger partial charge in [0.25, 0.3) is 0 Å². The molecular formula is C5H10N2O5S. The molecule has 0 unspecified atom stereocenters. The van der Waals surface area contributed by atoms with Gasteiger partial charge in [0.05, 0.1) is 6.10 Å². The second-order valence-electron chi connectivity index (χ2n) is 2.53. The van der Waals surface area contributed by atoms with Crippen LogP contribution in [0.25, 0.3) is 0 Å². The van der Waals surface area contributed by atoms with Gasteiger partial charge in [-0.1, -0.05) is 0 Å². The van der Waals surface area contributed by atoms with E-state index in [0.29, 0.717) is 0 Å². The quantitative estimate of drug-likeness (QED) is 0.621. The molecule has 0 saturated carbocycles. The lowest BCUT2D eigenvalue weighted by Crippen LogP contribution is -2.55. The van der Waals surface area contributed by atoms with E-state index >= 15 is 0 Å². The summed E-state index contributed by atoms with van der Waals surface area (Å²) in [6.45, 7) is 0.373. The van der Waals surface area contributed by atoms with Crippen LogP contribution in [0.3, 0.4) is 0 Å². The summed E-state index contributed by atoms with van der Waals surface area (Å²) in [4.78, 5) is 10.2. The number of methoxy groups -OCH3 is 1. The van der Waals surface area contributed by atoms with E-state index in [4.69, 9.17) is 4.74 Å². The van der Waals surface area contributed by atoms with Gasteiger partial charge in [0.1, 0.15) is 0 Å². The third-order valence-corrected chi connectivity index (χ3v) is 2.96. The molecule has 0 atom stereocenters. The van der Waals surface area contributed by atoms with E-state index in [1.165, 1.54) is 7.11 Å². The van der Waals surface area contributed by atoms with E-state index in [-0.39, 0.29) is 19.2 Å². The van der Waals surface area contributed by atoms with Crippen molar-refractivity contribution in [1.82, 2.24) is 4.31 Å². The highest BCUT2D eigenvalue weighted by Gasteiger charge is 2.38. The number of rotatable bonds is 3. The molecule has 0 aromatic rings. The van der Waals surface area contributed by atoms with E-state index in [2.05, 4.69) is 9.92 Å². The topological polar surface area (TPSA) is 98.9 Å². The van der Waals surface area contributed by atoms with Crippen molar-refractivity contribution in [3.05, 3.63) is 0 Å². The maximum Gasteiger partial charge on any atom is 0.421 e. The second-order valence-corrected chi connectivity index (χ2v) is 4.07. The average molecular weight is 210 g/mol. The summed E-state index contributed by atoms with van der Waals surface area (Å²) in [6, 6.07) is 0. The van der Waals surface area contributed by atoms with Crippen molar-refractivity contribution in [2.75, 3.05) is 20.2 Å². The van der Waals surface area contributed by atoms with Gasteiger partial charge in [0, 0.05) is 20.2 Å². The summed E-state index contributed by atoms with van der Waals surface area (Å²) >= 11 is 0. The molecule has 0 aromatic heterocycles. The molecule has 0 aliphatic carbocycles. The fourth-order valence-electron chi connectivity index (χ4n) is 0.889. The van der Waals surface area contributed by atoms with Gasteiger partial charge in [0.2, 0.25) is 0 Å². The molecule has 0 spiro atoms. The van der Waals surface area contributed by atoms with Gasteiger partial charge in [-0.05, 0) is 0 Å². The summed E-state index contributed by atoms with van der Waals surface area (Å²) in [6.07, 6.45) is -1.47. The van der Waals surface area contributed by atoms with E-state index in [1.54, 1.807) is 0 Å². The molecule has 0 aromatic carbocycles. The van der Waals surface area contributed by atoms with Crippen molar-refractivity contribution >= 4 is 16.4 Å². The molecule has 2 N–H and O–H groups in total. The van der Waals surface area contributed by atoms with Gasteiger partial charge in [-0.3, -0.25) is 0 Å². The lowest BCUT2D eigenvalue weighted by molar-refractivity contribution is 0.00818. The lowest BCUT2D eigenvalue weighted by Gasteiger charge is -2.35. The normalized spacial score (nSPS) is 19.5. The Morgan fingerprint density at radius 1 is 1.54 bits per heavy atom. The first-order chi connectivity index (χ1) is 5.95. The van der Waals surface area contributed by atoms with Gasteiger partial charge in [-0.15, -0.1) is 0 Å². The minimum atomic E-state index is -3.99. The van der Waals surface area contributed by atoms with Gasteiger partial charge >= 0.3 is 16.4 Å². The van der Waals surface area contributed by atoms with E-state index in [0.717, 1.165) is 4.31 Å². The fourth-order valence-corrected chi connectivity index (χ4v) is 1.90. The van der Waals surface area contributed by atoms with Crippen molar-refractivity contribution < 1.29 is 22.1 Å². The summed E-state index contributed by atoms with van der Waals surface area (Å²) in [7, 11) is -2.51. The molecule has 1 rings (SSSR count). The number of primary amides is 1. The molecule has 1 aliphatic heterocycles. The van der Waals surface area contributed by atoms with Crippen molar-refractivity contribution in [2.45, 2.75) is 6.10 Å². The van der Waals surface area contributed by atoms with Crippen LogP contribution in [-0.4, -0.2) is 45.1 Å². The monoisotopic (exact) mass is 210 g/mol. The van der Waals surface area contributed by atoms with Crippen LogP contribution in [0, 0.1) is 0 Å². The van der Waals surface area contributed by atoms with Crippen LogP contribution in [0.4, 0.5) is 4.79 Å². The summed E-state index contributed by atoms with van der Waals surface area (Å²) in [5.74, 6) is 0. The summed E-state index contributed by atoms with van der Waals surface area (Å²) in [5, 5.41) is 0. The molecular weight excluding hydrogens is 200 g/mol. The van der Waals surface area contributed by atoms with Gasteiger partial charge in [-0.25, -0.2) is 4.79 Å². The lowest BCUT2D eigenvalue weighted by atomic mass is 10.2. The van der Waals surface area contributed by atoms with Crippen LogP contribution in [0.15, 0.2) is 0 Å². The Morgan fingerprint density at radius 3 is 2.46 bits per heavy atom. The van der Waals surface area contributed by atoms with E-state index < -0.39 is 16.4 Å². The largest absolute Gasteiger partial charge is 0.421 e. The molecule has 0 bridgehead atoms. The standard InChI is InChI=1S/C5H10N2O5S/c1-11-4-2-7(3-4)13(9,10)12-5(6)8/h4H,2-3H2,1H3,(H2,6,8). The second kappa shape index (κ2) is 3.48. The highest BCUT2D eigenvalue weighted by atomic mass is 32.2. The van der Waals surface area contributed by atoms with Crippen molar-refractivity contribution in [1.29, 1.82) is 0 Å². The van der Waals surface area contributed by atoms with Crippen LogP contribution in [0.5, 0.6) is 0 Å².